The molecule has 122 valence electrons. The Balaban J connectivity index is 2.24. The zero-order chi connectivity index (χ0) is 16.3. The van der Waals surface area contributed by atoms with Crippen LogP contribution in [-0.4, -0.2) is 30.2 Å². The zero-order valence-corrected chi connectivity index (χ0v) is 12.5. The molecule has 1 saturated heterocycles. The minimum atomic E-state index is -4.49. The van der Waals surface area contributed by atoms with Crippen molar-refractivity contribution in [1.82, 2.24) is 10.4 Å². The quantitative estimate of drug-likeness (QED) is 0.908. The van der Waals surface area contributed by atoms with Crippen molar-refractivity contribution < 1.29 is 22.7 Å². The lowest BCUT2D eigenvalue weighted by Gasteiger charge is -2.29. The van der Waals surface area contributed by atoms with Crippen molar-refractivity contribution in [3.63, 3.8) is 0 Å². The fraction of sp³-hybridized carbons (Fsp3) is 0.533. The van der Waals surface area contributed by atoms with Gasteiger partial charge in [-0.15, -0.1) is 0 Å². The Morgan fingerprint density at radius 1 is 1.36 bits per heavy atom. The molecule has 1 aromatic carbocycles. The summed E-state index contributed by atoms with van der Waals surface area (Å²) in [4.78, 5) is 11.2. The van der Waals surface area contributed by atoms with Gasteiger partial charge in [0.15, 0.2) is 0 Å². The normalized spacial score (nSPS) is 17.6. The summed E-state index contributed by atoms with van der Waals surface area (Å²) in [6, 6.07) is 4.06. The van der Waals surface area contributed by atoms with E-state index in [1.807, 2.05) is 13.8 Å². The highest BCUT2D eigenvalue weighted by atomic mass is 19.4. The first kappa shape index (κ1) is 16.6. The Bertz CT molecular complexity index is 532. The second-order valence-corrected chi connectivity index (χ2v) is 5.70. The highest BCUT2D eigenvalue weighted by molar-refractivity contribution is 5.77. The number of carbonyl (C=O) groups excluding carboxylic acids is 1. The van der Waals surface area contributed by atoms with Crippen LogP contribution >= 0.6 is 0 Å². The van der Waals surface area contributed by atoms with E-state index in [0.717, 1.165) is 5.01 Å². The maximum Gasteiger partial charge on any atom is 0.409 e. The third kappa shape index (κ3) is 4.13. The predicted molar refractivity (Wildman–Crippen MR) is 75.0 cm³/mol. The van der Waals surface area contributed by atoms with Crippen LogP contribution in [0.1, 0.15) is 31.9 Å². The van der Waals surface area contributed by atoms with Crippen molar-refractivity contribution >= 4 is 5.91 Å². The van der Waals surface area contributed by atoms with Gasteiger partial charge in [-0.05, 0) is 23.6 Å². The number of amides is 1. The first-order valence-electron chi connectivity index (χ1n) is 7.13. The summed E-state index contributed by atoms with van der Waals surface area (Å²) in [5, 5.41) is 0.934. The van der Waals surface area contributed by atoms with Crippen LogP contribution in [0.15, 0.2) is 24.3 Å². The number of halogens is 3. The van der Waals surface area contributed by atoms with Crippen LogP contribution in [0.25, 0.3) is 0 Å². The van der Waals surface area contributed by atoms with Crippen molar-refractivity contribution in [1.29, 1.82) is 0 Å². The second-order valence-electron chi connectivity index (χ2n) is 5.70. The third-order valence-electron chi connectivity index (χ3n) is 3.23. The number of ether oxygens (including phenoxy) is 1. The molecule has 1 aliphatic heterocycles. The summed E-state index contributed by atoms with van der Waals surface area (Å²) in [6.07, 6.45) is -4.43. The molecule has 0 aromatic heterocycles. The van der Waals surface area contributed by atoms with E-state index in [1.165, 1.54) is 18.2 Å². The average molecular weight is 316 g/mol. The van der Waals surface area contributed by atoms with E-state index in [9.17, 15) is 18.0 Å². The van der Waals surface area contributed by atoms with Gasteiger partial charge in [-0.1, -0.05) is 26.0 Å². The van der Waals surface area contributed by atoms with Crippen LogP contribution in [0.3, 0.4) is 0 Å². The van der Waals surface area contributed by atoms with E-state index < -0.39 is 18.1 Å². The predicted octanol–water partition coefficient (Wildman–Crippen LogP) is 3.06. The molecule has 1 atom stereocenters. The van der Waals surface area contributed by atoms with Gasteiger partial charge in [-0.25, -0.2) is 5.01 Å². The zero-order valence-electron chi connectivity index (χ0n) is 12.5. The van der Waals surface area contributed by atoms with Crippen LogP contribution in [0.5, 0.6) is 5.75 Å². The van der Waals surface area contributed by atoms with Gasteiger partial charge < -0.3 is 4.74 Å². The maximum absolute atomic E-state index is 13.4. The maximum atomic E-state index is 13.4. The number of hydrogen-bond donors (Lipinski definition) is 1. The molecule has 1 aliphatic rings. The molecule has 1 amide bonds. The number of nitrogens with one attached hydrogen (secondary N) is 1. The van der Waals surface area contributed by atoms with E-state index in [1.54, 1.807) is 6.07 Å². The van der Waals surface area contributed by atoms with Crippen molar-refractivity contribution in [3.05, 3.63) is 29.8 Å². The molecular weight excluding hydrogens is 297 g/mol. The Labute approximate surface area is 127 Å². The van der Waals surface area contributed by atoms with E-state index in [-0.39, 0.29) is 24.4 Å². The van der Waals surface area contributed by atoms with Crippen LogP contribution in [0.4, 0.5) is 13.2 Å². The molecule has 22 heavy (non-hydrogen) atoms. The fourth-order valence-electron chi connectivity index (χ4n) is 2.27. The lowest BCUT2D eigenvalue weighted by atomic mass is 10.1. The molecular formula is C15H19F3N2O2. The molecule has 1 unspecified atom stereocenters. The lowest BCUT2D eigenvalue weighted by Crippen LogP contribution is -2.43. The summed E-state index contributed by atoms with van der Waals surface area (Å²) in [7, 11) is 0. The largest absolute Gasteiger partial charge is 0.493 e. The molecule has 1 N–H and O–H groups in total. The Hall–Kier alpha value is -1.76. The Morgan fingerprint density at radius 3 is 2.64 bits per heavy atom. The minimum absolute atomic E-state index is 0.0279. The van der Waals surface area contributed by atoms with Gasteiger partial charge in [0.25, 0.3) is 0 Å². The molecule has 0 bridgehead atoms. The molecule has 1 aromatic rings. The standard InChI is InChI=1S/C15H19F3N2O2/c1-10(2)9-22-12-5-3-4-11(8-12)14(15(16,17)18)20-7-6-13(21)19-20/h3-5,8,10,14H,6-7,9H2,1-2H3,(H,19,21). The molecule has 0 aliphatic carbocycles. The molecule has 0 spiro atoms. The third-order valence-corrected chi connectivity index (χ3v) is 3.23. The van der Waals surface area contributed by atoms with Gasteiger partial charge in [-0.3, -0.25) is 10.2 Å². The summed E-state index contributed by atoms with van der Waals surface area (Å²) in [5.74, 6) is 0.271. The summed E-state index contributed by atoms with van der Waals surface area (Å²) in [6.45, 7) is 4.38. The van der Waals surface area contributed by atoms with Crippen molar-refractivity contribution in [3.8, 4) is 5.75 Å². The summed E-state index contributed by atoms with van der Waals surface area (Å²) < 4.78 is 45.7. The summed E-state index contributed by atoms with van der Waals surface area (Å²) >= 11 is 0. The van der Waals surface area contributed by atoms with Gasteiger partial charge in [0.2, 0.25) is 5.91 Å². The molecule has 1 heterocycles. The topological polar surface area (TPSA) is 41.6 Å². The SMILES string of the molecule is CC(C)COc1cccc(C(N2CCC(=O)N2)C(F)(F)F)c1. The van der Waals surface area contributed by atoms with Gasteiger partial charge in [0.1, 0.15) is 11.8 Å². The van der Waals surface area contributed by atoms with E-state index >= 15 is 0 Å². The lowest BCUT2D eigenvalue weighted by molar-refractivity contribution is -0.191. The molecule has 7 heteroatoms. The fourth-order valence-corrected chi connectivity index (χ4v) is 2.27. The van der Waals surface area contributed by atoms with Crippen molar-refractivity contribution in [2.45, 2.75) is 32.5 Å². The van der Waals surface area contributed by atoms with Crippen LogP contribution in [0, 0.1) is 5.92 Å². The van der Waals surface area contributed by atoms with E-state index in [0.29, 0.717) is 12.4 Å². The van der Waals surface area contributed by atoms with Gasteiger partial charge in [-0.2, -0.15) is 13.2 Å². The number of benzene rings is 1. The first-order chi connectivity index (χ1) is 10.3. The smallest absolute Gasteiger partial charge is 0.409 e. The molecule has 0 saturated carbocycles. The van der Waals surface area contributed by atoms with Crippen LogP contribution < -0.4 is 10.2 Å². The Kier molecular flexibility index (Phi) is 4.95. The minimum Gasteiger partial charge on any atom is -0.493 e. The second kappa shape index (κ2) is 6.56. The van der Waals surface area contributed by atoms with E-state index in [2.05, 4.69) is 5.43 Å². The summed E-state index contributed by atoms with van der Waals surface area (Å²) in [5.41, 5.74) is 2.31. The van der Waals surface area contributed by atoms with Gasteiger partial charge >= 0.3 is 6.18 Å². The van der Waals surface area contributed by atoms with Crippen molar-refractivity contribution in [2.75, 3.05) is 13.2 Å². The molecule has 1 fully saturated rings. The Morgan fingerprint density at radius 2 is 2.09 bits per heavy atom. The van der Waals surface area contributed by atoms with Gasteiger partial charge in [0.05, 0.1) is 6.61 Å². The highest BCUT2D eigenvalue weighted by Crippen LogP contribution is 2.38. The van der Waals surface area contributed by atoms with Crippen LogP contribution in [0.2, 0.25) is 0 Å². The van der Waals surface area contributed by atoms with E-state index in [4.69, 9.17) is 4.74 Å². The molecule has 2 rings (SSSR count). The first-order valence-corrected chi connectivity index (χ1v) is 7.13. The number of hydrazine groups is 1. The average Bonchev–Trinajstić information content (AvgIpc) is 2.81. The van der Waals surface area contributed by atoms with Gasteiger partial charge in [0, 0.05) is 13.0 Å². The number of hydrogen-bond acceptors (Lipinski definition) is 3. The highest BCUT2D eigenvalue weighted by Gasteiger charge is 2.47. The van der Waals surface area contributed by atoms with Crippen LogP contribution in [-0.2, 0) is 4.79 Å². The van der Waals surface area contributed by atoms with Crippen molar-refractivity contribution in [2.24, 2.45) is 5.92 Å². The number of alkyl halides is 3. The number of nitrogens with zero attached hydrogens (tertiary/aromatic N) is 1. The molecule has 4 nitrogen and oxygen atoms in total. The monoisotopic (exact) mass is 316 g/mol. The number of rotatable bonds is 5. The number of carbonyl (C=O) groups is 1. The molecule has 0 radical (unpaired) electrons.